The third-order valence-electron chi connectivity index (χ3n) is 3.02. The molecule has 1 N–H and O–H groups in total. The van der Waals surface area contributed by atoms with Crippen molar-refractivity contribution in [3.8, 4) is 0 Å². The Morgan fingerprint density at radius 3 is 2.22 bits per heavy atom. The first kappa shape index (κ1) is 15.0. The smallest absolute Gasteiger partial charge is 0.0364 e. The van der Waals surface area contributed by atoms with Crippen molar-refractivity contribution in [3.63, 3.8) is 0 Å². The van der Waals surface area contributed by atoms with Crippen LogP contribution in [0.1, 0.15) is 18.9 Å². The molecule has 102 valence electrons. The molecule has 1 aromatic rings. The quantitative estimate of drug-likeness (QED) is 0.713. The summed E-state index contributed by atoms with van der Waals surface area (Å²) in [5.74, 6) is 0. The number of nitrogens with one attached hydrogen (secondary N) is 1. The van der Waals surface area contributed by atoms with Crippen molar-refractivity contribution in [3.05, 3.63) is 29.8 Å². The minimum absolute atomic E-state index is 0.968. The second-order valence-corrected chi connectivity index (χ2v) is 5.07. The van der Waals surface area contributed by atoms with Crippen molar-refractivity contribution in [2.45, 2.75) is 19.9 Å². The van der Waals surface area contributed by atoms with Crippen molar-refractivity contribution in [1.29, 1.82) is 0 Å². The van der Waals surface area contributed by atoms with Gasteiger partial charge in [0.25, 0.3) is 0 Å². The lowest BCUT2D eigenvalue weighted by Gasteiger charge is -2.21. The number of likely N-dealkylation sites (N-methyl/N-ethyl adjacent to an activating group) is 2. The summed E-state index contributed by atoms with van der Waals surface area (Å²) in [7, 11) is 6.36. The summed E-state index contributed by atoms with van der Waals surface area (Å²) in [4.78, 5) is 4.50. The van der Waals surface area contributed by atoms with Crippen LogP contribution in [-0.2, 0) is 6.54 Å². The maximum atomic E-state index is 3.42. The van der Waals surface area contributed by atoms with Crippen molar-refractivity contribution < 1.29 is 0 Å². The van der Waals surface area contributed by atoms with E-state index in [0.29, 0.717) is 0 Å². The molecule has 0 amide bonds. The molecule has 0 aromatic heterocycles. The number of hydrogen-bond acceptors (Lipinski definition) is 3. The van der Waals surface area contributed by atoms with E-state index in [1.165, 1.54) is 17.7 Å². The van der Waals surface area contributed by atoms with Gasteiger partial charge in [-0.1, -0.05) is 19.1 Å². The molecular weight excluding hydrogens is 222 g/mol. The highest BCUT2D eigenvalue weighted by Crippen LogP contribution is 2.13. The lowest BCUT2D eigenvalue weighted by atomic mass is 10.2. The van der Waals surface area contributed by atoms with Gasteiger partial charge in [-0.3, -0.25) is 0 Å². The maximum absolute atomic E-state index is 3.42. The maximum Gasteiger partial charge on any atom is 0.0364 e. The Kier molecular flexibility index (Phi) is 6.76. The second-order valence-electron chi connectivity index (χ2n) is 5.07. The van der Waals surface area contributed by atoms with E-state index in [1.54, 1.807) is 0 Å². The lowest BCUT2D eigenvalue weighted by molar-refractivity contribution is 0.416. The van der Waals surface area contributed by atoms with Crippen LogP contribution < -0.4 is 10.2 Å². The molecule has 0 heterocycles. The molecule has 0 unspecified atom stereocenters. The largest absolute Gasteiger partial charge is 0.373 e. The first-order chi connectivity index (χ1) is 8.63. The zero-order chi connectivity index (χ0) is 13.4. The first-order valence-corrected chi connectivity index (χ1v) is 6.79. The molecule has 0 aliphatic carbocycles. The van der Waals surface area contributed by atoms with Crippen LogP contribution in [0, 0.1) is 0 Å². The summed E-state index contributed by atoms with van der Waals surface area (Å²) in [6.45, 7) is 6.38. The fourth-order valence-electron chi connectivity index (χ4n) is 1.76. The number of benzene rings is 1. The second kappa shape index (κ2) is 8.11. The summed E-state index contributed by atoms with van der Waals surface area (Å²) in [6, 6.07) is 8.84. The van der Waals surface area contributed by atoms with Gasteiger partial charge in [0.1, 0.15) is 0 Å². The Hall–Kier alpha value is -1.06. The summed E-state index contributed by atoms with van der Waals surface area (Å²) in [5.41, 5.74) is 2.64. The Morgan fingerprint density at radius 1 is 1.00 bits per heavy atom. The molecule has 0 fully saturated rings. The highest BCUT2D eigenvalue weighted by atomic mass is 15.1. The topological polar surface area (TPSA) is 18.5 Å². The monoisotopic (exact) mass is 249 g/mol. The van der Waals surface area contributed by atoms with E-state index in [1.807, 2.05) is 0 Å². The first-order valence-electron chi connectivity index (χ1n) is 6.79. The van der Waals surface area contributed by atoms with Gasteiger partial charge in [0, 0.05) is 32.4 Å². The zero-order valence-corrected chi connectivity index (χ0v) is 12.2. The third-order valence-corrected chi connectivity index (χ3v) is 3.02. The molecule has 0 spiro atoms. The van der Waals surface area contributed by atoms with Crippen LogP contribution in [0.2, 0.25) is 0 Å². The Labute approximate surface area is 112 Å². The Morgan fingerprint density at radius 2 is 1.67 bits per heavy atom. The SMILES string of the molecule is CCCNCc1ccc(N(C)CCN(C)C)cc1. The Bertz CT molecular complexity index is 319. The predicted octanol–water partition coefficient (Wildman–Crippen LogP) is 2.18. The van der Waals surface area contributed by atoms with Crippen LogP contribution in [0.15, 0.2) is 24.3 Å². The summed E-state index contributed by atoms with van der Waals surface area (Å²) in [5, 5.41) is 3.42. The average molecular weight is 249 g/mol. The molecule has 0 saturated heterocycles. The van der Waals surface area contributed by atoms with Gasteiger partial charge >= 0.3 is 0 Å². The molecule has 1 rings (SSSR count). The van der Waals surface area contributed by atoms with Crippen LogP contribution in [0.5, 0.6) is 0 Å². The highest BCUT2D eigenvalue weighted by Gasteiger charge is 2.01. The minimum atomic E-state index is 0.968. The van der Waals surface area contributed by atoms with Gasteiger partial charge in [-0.2, -0.15) is 0 Å². The summed E-state index contributed by atoms with van der Waals surface area (Å²) >= 11 is 0. The van der Waals surface area contributed by atoms with Crippen LogP contribution in [0.3, 0.4) is 0 Å². The van der Waals surface area contributed by atoms with Gasteiger partial charge in [0.15, 0.2) is 0 Å². The number of hydrogen-bond donors (Lipinski definition) is 1. The van der Waals surface area contributed by atoms with Crippen molar-refractivity contribution in [2.24, 2.45) is 0 Å². The molecule has 3 nitrogen and oxygen atoms in total. The van der Waals surface area contributed by atoms with Crippen LogP contribution in [0.25, 0.3) is 0 Å². The van der Waals surface area contributed by atoms with E-state index in [0.717, 1.165) is 26.2 Å². The molecule has 0 radical (unpaired) electrons. The fourth-order valence-corrected chi connectivity index (χ4v) is 1.76. The highest BCUT2D eigenvalue weighted by molar-refractivity contribution is 5.46. The standard InChI is InChI=1S/C15H27N3/c1-5-10-16-13-14-6-8-15(9-7-14)18(4)12-11-17(2)3/h6-9,16H,5,10-13H2,1-4H3. The number of rotatable bonds is 8. The van der Waals surface area contributed by atoms with E-state index < -0.39 is 0 Å². The third kappa shape index (κ3) is 5.52. The van der Waals surface area contributed by atoms with Crippen molar-refractivity contribution in [1.82, 2.24) is 10.2 Å². The Balaban J connectivity index is 2.43. The van der Waals surface area contributed by atoms with Crippen LogP contribution in [0.4, 0.5) is 5.69 Å². The lowest BCUT2D eigenvalue weighted by Crippen LogP contribution is -2.28. The molecule has 0 aliphatic rings. The molecule has 0 saturated carbocycles. The molecule has 3 heteroatoms. The molecule has 0 bridgehead atoms. The van der Waals surface area contributed by atoms with Gasteiger partial charge < -0.3 is 15.1 Å². The van der Waals surface area contributed by atoms with Gasteiger partial charge in [-0.05, 0) is 44.8 Å². The molecule has 18 heavy (non-hydrogen) atoms. The van der Waals surface area contributed by atoms with Gasteiger partial charge in [-0.25, -0.2) is 0 Å². The van der Waals surface area contributed by atoms with E-state index in [-0.39, 0.29) is 0 Å². The van der Waals surface area contributed by atoms with Crippen LogP contribution in [-0.4, -0.2) is 45.7 Å². The average Bonchev–Trinajstić information content (AvgIpc) is 2.37. The minimum Gasteiger partial charge on any atom is -0.373 e. The predicted molar refractivity (Wildman–Crippen MR) is 80.3 cm³/mol. The van der Waals surface area contributed by atoms with E-state index in [2.05, 4.69) is 67.4 Å². The number of nitrogens with zero attached hydrogens (tertiary/aromatic N) is 2. The van der Waals surface area contributed by atoms with Crippen LogP contribution >= 0.6 is 0 Å². The molecule has 0 atom stereocenters. The zero-order valence-electron chi connectivity index (χ0n) is 12.2. The van der Waals surface area contributed by atoms with E-state index in [4.69, 9.17) is 0 Å². The number of anilines is 1. The normalized spacial score (nSPS) is 10.9. The molecular formula is C15H27N3. The summed E-state index contributed by atoms with van der Waals surface area (Å²) in [6.07, 6.45) is 1.19. The molecule has 0 aliphatic heterocycles. The van der Waals surface area contributed by atoms with Gasteiger partial charge in [-0.15, -0.1) is 0 Å². The van der Waals surface area contributed by atoms with E-state index in [9.17, 15) is 0 Å². The summed E-state index contributed by atoms with van der Waals surface area (Å²) < 4.78 is 0. The fraction of sp³-hybridized carbons (Fsp3) is 0.600. The van der Waals surface area contributed by atoms with Gasteiger partial charge in [0.2, 0.25) is 0 Å². The van der Waals surface area contributed by atoms with E-state index >= 15 is 0 Å². The van der Waals surface area contributed by atoms with Gasteiger partial charge in [0.05, 0.1) is 0 Å². The van der Waals surface area contributed by atoms with Crippen molar-refractivity contribution in [2.75, 3.05) is 45.7 Å². The van der Waals surface area contributed by atoms with Crippen molar-refractivity contribution >= 4 is 5.69 Å². The molecule has 1 aromatic carbocycles.